The van der Waals surface area contributed by atoms with Crippen LogP contribution in [0.15, 0.2) is 18.2 Å². The summed E-state index contributed by atoms with van der Waals surface area (Å²) in [6.45, 7) is 4.00. The third-order valence-electron chi connectivity index (χ3n) is 3.06. The number of benzene rings is 1. The second-order valence-corrected chi connectivity index (χ2v) is 5.57. The van der Waals surface area contributed by atoms with Crippen LogP contribution in [0, 0.1) is 0 Å². The SMILES string of the molecule is CCCNC(CCCOC)Cc1cc(Cl)ccc1Cl. The van der Waals surface area contributed by atoms with E-state index in [-0.39, 0.29) is 0 Å². The zero-order chi connectivity index (χ0) is 14.1. The lowest BCUT2D eigenvalue weighted by Crippen LogP contribution is -2.32. The summed E-state index contributed by atoms with van der Waals surface area (Å²) in [4.78, 5) is 0. The number of hydrogen-bond donors (Lipinski definition) is 1. The quantitative estimate of drug-likeness (QED) is 0.686. The zero-order valence-corrected chi connectivity index (χ0v) is 13.2. The van der Waals surface area contributed by atoms with Gasteiger partial charge in [0.15, 0.2) is 0 Å². The van der Waals surface area contributed by atoms with Gasteiger partial charge >= 0.3 is 0 Å². The van der Waals surface area contributed by atoms with Gasteiger partial charge in [-0.05, 0) is 56.0 Å². The molecule has 1 atom stereocenters. The monoisotopic (exact) mass is 303 g/mol. The van der Waals surface area contributed by atoms with Gasteiger partial charge in [-0.1, -0.05) is 30.1 Å². The Bertz CT molecular complexity index is 371. The Morgan fingerprint density at radius 1 is 1.32 bits per heavy atom. The molecule has 2 nitrogen and oxygen atoms in total. The molecule has 0 amide bonds. The van der Waals surface area contributed by atoms with Crippen LogP contribution in [0.2, 0.25) is 10.0 Å². The lowest BCUT2D eigenvalue weighted by atomic mass is 10.0. The van der Waals surface area contributed by atoms with Crippen LogP contribution in [-0.2, 0) is 11.2 Å². The highest BCUT2D eigenvalue weighted by Crippen LogP contribution is 2.22. The third kappa shape index (κ3) is 6.62. The third-order valence-corrected chi connectivity index (χ3v) is 3.66. The fraction of sp³-hybridized carbons (Fsp3) is 0.600. The molecule has 0 spiro atoms. The van der Waals surface area contributed by atoms with Crippen molar-refractivity contribution in [2.75, 3.05) is 20.3 Å². The molecule has 0 saturated heterocycles. The van der Waals surface area contributed by atoms with E-state index in [1.54, 1.807) is 7.11 Å². The highest BCUT2D eigenvalue weighted by molar-refractivity contribution is 6.33. The van der Waals surface area contributed by atoms with Crippen molar-refractivity contribution in [3.8, 4) is 0 Å². The standard InChI is InChI=1S/C15H23Cl2NO/c1-3-8-18-14(5-4-9-19-2)11-12-10-13(16)6-7-15(12)17/h6-7,10,14,18H,3-5,8-9,11H2,1-2H3. The first-order valence-corrected chi connectivity index (χ1v) is 7.59. The zero-order valence-electron chi connectivity index (χ0n) is 11.7. The van der Waals surface area contributed by atoms with Crippen molar-refractivity contribution < 1.29 is 4.74 Å². The molecule has 1 N–H and O–H groups in total. The second-order valence-electron chi connectivity index (χ2n) is 4.73. The van der Waals surface area contributed by atoms with E-state index in [9.17, 15) is 0 Å². The molecule has 0 saturated carbocycles. The Balaban J connectivity index is 2.61. The van der Waals surface area contributed by atoms with Crippen LogP contribution in [0.4, 0.5) is 0 Å². The predicted molar refractivity (Wildman–Crippen MR) is 83.4 cm³/mol. The van der Waals surface area contributed by atoms with Crippen LogP contribution in [0.1, 0.15) is 31.7 Å². The summed E-state index contributed by atoms with van der Waals surface area (Å²) < 4.78 is 5.11. The van der Waals surface area contributed by atoms with Gasteiger partial charge in [0.05, 0.1) is 0 Å². The van der Waals surface area contributed by atoms with Gasteiger partial charge in [-0.25, -0.2) is 0 Å². The van der Waals surface area contributed by atoms with E-state index in [0.29, 0.717) is 6.04 Å². The van der Waals surface area contributed by atoms with Gasteiger partial charge in [0.2, 0.25) is 0 Å². The lowest BCUT2D eigenvalue weighted by molar-refractivity contribution is 0.188. The fourth-order valence-electron chi connectivity index (χ4n) is 2.06. The molecule has 0 fully saturated rings. The average molecular weight is 304 g/mol. The summed E-state index contributed by atoms with van der Waals surface area (Å²) in [6.07, 6.45) is 4.17. The molecule has 19 heavy (non-hydrogen) atoms. The number of nitrogens with one attached hydrogen (secondary N) is 1. The van der Waals surface area contributed by atoms with E-state index in [2.05, 4.69) is 12.2 Å². The molecule has 108 valence electrons. The number of ether oxygens (including phenoxy) is 1. The summed E-state index contributed by atoms with van der Waals surface area (Å²) in [5, 5.41) is 5.10. The van der Waals surface area contributed by atoms with Crippen LogP contribution >= 0.6 is 23.2 Å². The molecular weight excluding hydrogens is 281 g/mol. The maximum Gasteiger partial charge on any atom is 0.0462 e. The highest BCUT2D eigenvalue weighted by atomic mass is 35.5. The number of methoxy groups -OCH3 is 1. The number of rotatable bonds is 9. The van der Waals surface area contributed by atoms with Crippen LogP contribution in [0.5, 0.6) is 0 Å². The molecule has 1 unspecified atom stereocenters. The molecule has 0 heterocycles. The van der Waals surface area contributed by atoms with Gasteiger partial charge in [0, 0.05) is 29.8 Å². The molecule has 0 aliphatic heterocycles. The minimum atomic E-state index is 0.422. The molecule has 0 aliphatic rings. The summed E-state index contributed by atoms with van der Waals surface area (Å²) in [5.41, 5.74) is 1.11. The maximum atomic E-state index is 6.22. The molecule has 0 radical (unpaired) electrons. The van der Waals surface area contributed by atoms with Gasteiger partial charge in [0.25, 0.3) is 0 Å². The van der Waals surface area contributed by atoms with Gasteiger partial charge in [-0.2, -0.15) is 0 Å². The first kappa shape index (κ1) is 16.8. The normalized spacial score (nSPS) is 12.6. The van der Waals surface area contributed by atoms with Crippen molar-refractivity contribution in [2.24, 2.45) is 0 Å². The maximum absolute atomic E-state index is 6.22. The summed E-state index contributed by atoms with van der Waals surface area (Å²) >= 11 is 12.3. The Kier molecular flexibility index (Phi) is 8.47. The predicted octanol–water partition coefficient (Wildman–Crippen LogP) is 4.33. The minimum absolute atomic E-state index is 0.422. The molecule has 0 bridgehead atoms. The van der Waals surface area contributed by atoms with Crippen molar-refractivity contribution in [2.45, 2.75) is 38.6 Å². The Morgan fingerprint density at radius 2 is 2.11 bits per heavy atom. The fourth-order valence-corrected chi connectivity index (χ4v) is 2.45. The second kappa shape index (κ2) is 9.60. The van der Waals surface area contributed by atoms with Crippen LogP contribution in [0.25, 0.3) is 0 Å². The van der Waals surface area contributed by atoms with Crippen molar-refractivity contribution in [3.63, 3.8) is 0 Å². The first-order chi connectivity index (χ1) is 9.17. The molecule has 4 heteroatoms. The largest absolute Gasteiger partial charge is 0.385 e. The van der Waals surface area contributed by atoms with Crippen LogP contribution in [-0.4, -0.2) is 26.3 Å². The van der Waals surface area contributed by atoms with E-state index < -0.39 is 0 Å². The van der Waals surface area contributed by atoms with Gasteiger partial charge in [-0.15, -0.1) is 0 Å². The Hall–Kier alpha value is -0.280. The molecule has 0 aromatic heterocycles. The van der Waals surface area contributed by atoms with Crippen molar-refractivity contribution in [1.82, 2.24) is 5.32 Å². The molecule has 0 aliphatic carbocycles. The molecular formula is C15H23Cl2NO. The topological polar surface area (TPSA) is 21.3 Å². The Morgan fingerprint density at radius 3 is 2.79 bits per heavy atom. The van der Waals surface area contributed by atoms with Gasteiger partial charge < -0.3 is 10.1 Å². The Labute approximate surface area is 126 Å². The van der Waals surface area contributed by atoms with E-state index in [0.717, 1.165) is 54.4 Å². The summed E-state index contributed by atoms with van der Waals surface area (Å²) in [7, 11) is 1.74. The van der Waals surface area contributed by atoms with Crippen molar-refractivity contribution >= 4 is 23.2 Å². The van der Waals surface area contributed by atoms with E-state index in [4.69, 9.17) is 27.9 Å². The minimum Gasteiger partial charge on any atom is -0.385 e. The van der Waals surface area contributed by atoms with E-state index in [1.165, 1.54) is 0 Å². The number of hydrogen-bond acceptors (Lipinski definition) is 2. The van der Waals surface area contributed by atoms with Gasteiger partial charge in [-0.3, -0.25) is 0 Å². The average Bonchev–Trinajstić information content (AvgIpc) is 2.40. The smallest absolute Gasteiger partial charge is 0.0462 e. The van der Waals surface area contributed by atoms with Gasteiger partial charge in [0.1, 0.15) is 0 Å². The molecule has 1 aromatic carbocycles. The number of halogens is 2. The van der Waals surface area contributed by atoms with E-state index in [1.807, 2.05) is 18.2 Å². The highest BCUT2D eigenvalue weighted by Gasteiger charge is 2.11. The summed E-state index contributed by atoms with van der Waals surface area (Å²) in [5.74, 6) is 0. The van der Waals surface area contributed by atoms with E-state index >= 15 is 0 Å². The molecule has 1 rings (SSSR count). The summed E-state index contributed by atoms with van der Waals surface area (Å²) in [6, 6.07) is 6.07. The van der Waals surface area contributed by atoms with Crippen molar-refractivity contribution in [3.05, 3.63) is 33.8 Å². The van der Waals surface area contributed by atoms with Crippen LogP contribution < -0.4 is 5.32 Å². The van der Waals surface area contributed by atoms with Crippen molar-refractivity contribution in [1.29, 1.82) is 0 Å². The first-order valence-electron chi connectivity index (χ1n) is 6.83. The molecule has 1 aromatic rings. The van der Waals surface area contributed by atoms with Crippen LogP contribution in [0.3, 0.4) is 0 Å². The lowest BCUT2D eigenvalue weighted by Gasteiger charge is -2.19.